The summed E-state index contributed by atoms with van der Waals surface area (Å²) in [5.74, 6) is -0.0913. The van der Waals surface area contributed by atoms with Crippen molar-refractivity contribution in [2.75, 3.05) is 5.73 Å². The van der Waals surface area contributed by atoms with E-state index in [0.717, 1.165) is 35.5 Å². The van der Waals surface area contributed by atoms with Gasteiger partial charge >= 0.3 is 5.97 Å². The number of carboxylic acids is 1. The van der Waals surface area contributed by atoms with Gasteiger partial charge in [-0.3, -0.25) is 9.79 Å². The average molecular weight is 444 g/mol. The van der Waals surface area contributed by atoms with Crippen LogP contribution in [-0.4, -0.2) is 23.6 Å². The zero-order chi connectivity index (χ0) is 22.8. The number of aliphatic imine (C=N–C) groups is 2. The summed E-state index contributed by atoms with van der Waals surface area (Å²) in [5.41, 5.74) is 10.8. The van der Waals surface area contributed by atoms with Crippen molar-refractivity contribution in [2.24, 2.45) is 21.8 Å². The van der Waals surface area contributed by atoms with Crippen LogP contribution in [0.25, 0.3) is 0 Å². The van der Waals surface area contributed by atoms with E-state index in [0.29, 0.717) is 35.4 Å². The number of aliphatic carboxylic acids is 1. The molecule has 0 radical (unpaired) electrons. The fraction of sp³-hybridized carbons (Fsp3) is 0.269. The van der Waals surface area contributed by atoms with Crippen LogP contribution in [0.15, 0.2) is 82.3 Å². The van der Waals surface area contributed by atoms with E-state index in [9.17, 15) is 9.90 Å². The summed E-state index contributed by atoms with van der Waals surface area (Å²) in [6, 6.07) is 15.8. The molecule has 1 fully saturated rings. The number of hydrogen-bond acceptors (Lipinski definition) is 5. The largest absolute Gasteiger partial charge is 0.487 e. The summed E-state index contributed by atoms with van der Waals surface area (Å²) in [7, 11) is 0. The number of carboxylic acid groups (broad SMARTS) is 1. The summed E-state index contributed by atoms with van der Waals surface area (Å²) in [6.07, 6.45) is 10.6. The second-order valence-electron chi connectivity index (χ2n) is 8.75. The molecular weight excluding hydrogens is 416 g/mol. The smallest absolute Gasteiger partial charge is 0.306 e. The number of hydrogen-bond donors (Lipinski definition) is 2. The number of nitrogens with two attached hydrogens (primary N) is 1. The summed E-state index contributed by atoms with van der Waals surface area (Å²) in [4.78, 5) is 20.6. The fourth-order valence-corrected chi connectivity index (χ4v) is 4.84. The molecule has 7 heteroatoms. The molecule has 1 unspecified atom stereocenters. The van der Waals surface area contributed by atoms with Crippen LogP contribution in [0.4, 0.5) is 11.4 Å². The molecule has 3 aliphatic rings. The second kappa shape index (κ2) is 8.67. The van der Waals surface area contributed by atoms with Crippen molar-refractivity contribution in [2.45, 2.75) is 32.3 Å². The van der Waals surface area contributed by atoms with Crippen molar-refractivity contribution < 1.29 is 14.6 Å². The summed E-state index contributed by atoms with van der Waals surface area (Å²) < 4.78 is 6.39. The quantitative estimate of drug-likeness (QED) is 0.492. The average Bonchev–Trinajstić information content (AvgIpc) is 3.25. The maximum Gasteiger partial charge on any atom is 0.306 e. The third-order valence-electron chi connectivity index (χ3n) is 6.75. The van der Waals surface area contributed by atoms with Crippen LogP contribution in [0.1, 0.15) is 31.2 Å². The van der Waals surface area contributed by atoms with Crippen LogP contribution in [0.3, 0.4) is 0 Å². The SMILES string of the molecule is Nc1ccc([N+]23C=CN=CC2=C(C2CCC(C(=O)O)CC2)N=C3)cc1OCc1ccccc1. The molecule has 33 heavy (non-hydrogen) atoms. The molecule has 5 rings (SSSR count). The lowest BCUT2D eigenvalue weighted by atomic mass is 9.80. The van der Waals surface area contributed by atoms with Gasteiger partial charge < -0.3 is 15.6 Å². The van der Waals surface area contributed by atoms with E-state index in [2.05, 4.69) is 4.99 Å². The lowest BCUT2D eigenvalue weighted by molar-refractivity contribution is -0.143. The number of benzene rings is 2. The topological polar surface area (TPSA) is 97.3 Å². The van der Waals surface area contributed by atoms with E-state index >= 15 is 0 Å². The summed E-state index contributed by atoms with van der Waals surface area (Å²) >= 11 is 0. The molecule has 7 nitrogen and oxygen atoms in total. The Hall–Kier alpha value is -3.71. The van der Waals surface area contributed by atoms with Crippen LogP contribution in [-0.2, 0) is 11.4 Å². The van der Waals surface area contributed by atoms with Gasteiger partial charge in [0.15, 0.2) is 11.4 Å². The van der Waals surface area contributed by atoms with Crippen LogP contribution in [0, 0.1) is 11.8 Å². The van der Waals surface area contributed by atoms with E-state index in [-0.39, 0.29) is 11.8 Å². The van der Waals surface area contributed by atoms with E-state index < -0.39 is 5.97 Å². The van der Waals surface area contributed by atoms with Gasteiger partial charge in [-0.15, -0.1) is 0 Å². The van der Waals surface area contributed by atoms with E-state index in [4.69, 9.17) is 15.5 Å². The molecule has 0 amide bonds. The van der Waals surface area contributed by atoms with Gasteiger partial charge in [-0.25, -0.2) is 4.99 Å². The van der Waals surface area contributed by atoms with Gasteiger partial charge in [0.25, 0.3) is 0 Å². The van der Waals surface area contributed by atoms with E-state index in [1.54, 1.807) is 6.20 Å². The van der Waals surface area contributed by atoms with E-state index in [1.165, 1.54) is 0 Å². The normalized spacial score (nSPS) is 25.8. The lowest BCUT2D eigenvalue weighted by Gasteiger charge is -2.30. The zero-order valence-electron chi connectivity index (χ0n) is 18.3. The number of nitrogens with zero attached hydrogens (tertiary/aromatic N) is 3. The van der Waals surface area contributed by atoms with Crippen LogP contribution in [0.2, 0.25) is 0 Å². The molecule has 3 N–H and O–H groups in total. The number of anilines is 1. The molecule has 2 aromatic rings. The van der Waals surface area contributed by atoms with Gasteiger partial charge in [-0.2, -0.15) is 4.48 Å². The Morgan fingerprint density at radius 1 is 1.12 bits per heavy atom. The first-order valence-electron chi connectivity index (χ1n) is 11.3. The first-order chi connectivity index (χ1) is 16.1. The van der Waals surface area contributed by atoms with Crippen molar-refractivity contribution in [3.05, 3.63) is 77.9 Å². The highest BCUT2D eigenvalue weighted by atomic mass is 16.5. The molecule has 0 spiro atoms. The maximum absolute atomic E-state index is 11.4. The molecule has 0 aromatic heterocycles. The number of fused-ring (bicyclic) bond motifs is 1. The van der Waals surface area contributed by atoms with Gasteiger partial charge in [-0.05, 0) is 37.3 Å². The monoisotopic (exact) mass is 443 g/mol. The molecule has 0 bridgehead atoms. The fourth-order valence-electron chi connectivity index (χ4n) is 4.84. The molecule has 1 atom stereocenters. The third-order valence-corrected chi connectivity index (χ3v) is 6.75. The molecule has 2 heterocycles. The summed E-state index contributed by atoms with van der Waals surface area (Å²) in [5, 5.41) is 9.33. The van der Waals surface area contributed by atoms with Gasteiger partial charge in [0.05, 0.1) is 24.0 Å². The van der Waals surface area contributed by atoms with Crippen molar-refractivity contribution >= 4 is 29.9 Å². The van der Waals surface area contributed by atoms with Gasteiger partial charge in [-0.1, -0.05) is 30.3 Å². The summed E-state index contributed by atoms with van der Waals surface area (Å²) in [6.45, 7) is 0.431. The molecule has 2 aromatic carbocycles. The Bertz CT molecular complexity index is 1180. The highest BCUT2D eigenvalue weighted by Crippen LogP contribution is 2.43. The number of ether oxygens (including phenoxy) is 1. The van der Waals surface area contributed by atoms with Crippen molar-refractivity contribution in [1.29, 1.82) is 0 Å². The van der Waals surface area contributed by atoms with E-state index in [1.807, 2.05) is 67.3 Å². The first kappa shape index (κ1) is 21.2. The number of nitrogen functional groups attached to an aromatic ring is 1. The van der Waals surface area contributed by atoms with Crippen LogP contribution in [0.5, 0.6) is 5.75 Å². The number of quaternary nitrogens is 1. The Labute approximate surface area is 192 Å². The molecule has 0 saturated heterocycles. The number of rotatable bonds is 6. The minimum Gasteiger partial charge on any atom is -0.487 e. The van der Waals surface area contributed by atoms with Crippen molar-refractivity contribution in [1.82, 2.24) is 4.48 Å². The number of allylic oxidation sites excluding steroid dienone is 2. The Morgan fingerprint density at radius 3 is 2.67 bits per heavy atom. The van der Waals surface area contributed by atoms with Gasteiger partial charge in [0.1, 0.15) is 24.3 Å². The van der Waals surface area contributed by atoms with Crippen molar-refractivity contribution in [3.63, 3.8) is 0 Å². The van der Waals surface area contributed by atoms with Crippen molar-refractivity contribution in [3.8, 4) is 5.75 Å². The molecule has 1 aliphatic carbocycles. The predicted octanol–water partition coefficient (Wildman–Crippen LogP) is 4.86. The van der Waals surface area contributed by atoms with Gasteiger partial charge in [0, 0.05) is 18.1 Å². The molecule has 2 aliphatic heterocycles. The Morgan fingerprint density at radius 2 is 1.91 bits per heavy atom. The zero-order valence-corrected chi connectivity index (χ0v) is 18.3. The highest BCUT2D eigenvalue weighted by molar-refractivity contribution is 5.98. The lowest BCUT2D eigenvalue weighted by Crippen LogP contribution is -2.41. The Kier molecular flexibility index (Phi) is 5.56. The minimum atomic E-state index is -0.696. The molecule has 168 valence electrons. The molecular formula is C26H27N4O3+. The minimum absolute atomic E-state index is 0.229. The standard InChI is InChI=1S/C26H26N4O3/c27-22-11-10-21(14-24(22)33-16-18-4-2-1-3-5-18)30-13-12-28-15-23(30)25(29-17-30)19-6-8-20(9-7-19)26(31)32/h1-5,10-15,17,19-20H,6-9,16,27H2/p+1. The van der Waals surface area contributed by atoms with Crippen LogP contribution >= 0.6 is 0 Å². The van der Waals surface area contributed by atoms with Gasteiger partial charge in [0.2, 0.25) is 6.34 Å². The highest BCUT2D eigenvalue weighted by Gasteiger charge is 2.43. The predicted molar refractivity (Wildman–Crippen MR) is 130 cm³/mol. The second-order valence-corrected chi connectivity index (χ2v) is 8.75. The first-order valence-corrected chi connectivity index (χ1v) is 11.3. The molecule has 1 saturated carbocycles. The third kappa shape index (κ3) is 3.96. The maximum atomic E-state index is 11.4. The number of carbonyl (C=O) groups is 1. The Balaban J connectivity index is 1.43. The van der Waals surface area contributed by atoms with Crippen LogP contribution < -0.4 is 15.0 Å².